The summed E-state index contributed by atoms with van der Waals surface area (Å²) in [4.78, 5) is 0. The summed E-state index contributed by atoms with van der Waals surface area (Å²) in [5, 5.41) is 35.5. The number of hydrogen-bond donors (Lipinski definition) is 4. The summed E-state index contributed by atoms with van der Waals surface area (Å²) in [6, 6.07) is 0. The third-order valence-corrected chi connectivity index (χ3v) is 3.81. The minimum absolute atomic E-state index is 0. The Hall–Kier alpha value is -0.460. The van der Waals surface area contributed by atoms with Crippen LogP contribution in [0.25, 0.3) is 0 Å². The largest absolute Gasteiger partial charge is 0.390 e. The molecule has 5 heteroatoms. The minimum atomic E-state index is -0.528. The number of aliphatic hydroxyl groups excluding tert-OH is 4. The Morgan fingerprint density at radius 1 is 0.643 bits per heavy atom. The number of aliphatic hydroxyl groups is 4. The van der Waals surface area contributed by atoms with E-state index in [9.17, 15) is 0 Å². The Bertz CT molecular complexity index is 268. The van der Waals surface area contributed by atoms with Crippen molar-refractivity contribution in [3.8, 4) is 0 Å². The van der Waals surface area contributed by atoms with E-state index in [2.05, 4.69) is 26.0 Å². The zero-order valence-electron chi connectivity index (χ0n) is 20.4. The normalized spacial score (nSPS) is 15.1. The molecule has 0 saturated carbocycles. The Balaban J connectivity index is -0.0000000881. The zero-order valence-corrected chi connectivity index (χ0v) is 20.4. The molecule has 0 unspecified atom stereocenters. The van der Waals surface area contributed by atoms with Crippen molar-refractivity contribution in [2.45, 2.75) is 131 Å². The lowest BCUT2D eigenvalue weighted by molar-refractivity contribution is 0.0157. The molecule has 0 aliphatic rings. The Kier molecular flexibility index (Phi) is 30.7. The van der Waals surface area contributed by atoms with Crippen LogP contribution in [0, 0.1) is 0 Å². The van der Waals surface area contributed by atoms with Crippen LogP contribution in [0.4, 0.5) is 0 Å². The van der Waals surface area contributed by atoms with Gasteiger partial charge < -0.3 is 25.2 Å². The Labute approximate surface area is 177 Å². The van der Waals surface area contributed by atoms with E-state index < -0.39 is 24.4 Å². The molecule has 0 fully saturated rings. The Morgan fingerprint density at radius 3 is 0.893 bits per heavy atom. The fourth-order valence-corrected chi connectivity index (χ4v) is 1.42. The molecule has 0 rings (SSSR count). The van der Waals surface area contributed by atoms with Crippen molar-refractivity contribution in [1.82, 2.24) is 0 Å². The predicted molar refractivity (Wildman–Crippen MR) is 124 cm³/mol. The number of rotatable bonds is 8. The number of ether oxygens (including phenoxy) is 1. The molecule has 0 aromatic carbocycles. The molecular weight excluding hydrogens is 356 g/mol. The molecule has 5 nitrogen and oxygen atoms in total. The maximum atomic E-state index is 8.88. The average molecular weight is 413 g/mol. The zero-order chi connectivity index (χ0) is 23.2. The first-order valence-electron chi connectivity index (χ1n) is 10.8. The summed E-state index contributed by atoms with van der Waals surface area (Å²) in [7, 11) is 1.71. The van der Waals surface area contributed by atoms with E-state index in [4.69, 9.17) is 25.2 Å². The van der Waals surface area contributed by atoms with E-state index in [-0.39, 0.29) is 7.03 Å². The van der Waals surface area contributed by atoms with E-state index >= 15 is 0 Å². The maximum absolute atomic E-state index is 8.88. The standard InChI is InChI=1S/2C6H14O2.C6H12.C5H12O.H2/c2*1-3-5(7)6(8)4-2;1-3-5-6-4-2;1-5(2,3)6-4;/h2*5-8H,3-4H2,1-2H3;5-6H,3-4H2,1-2H3;1-4H3;1H/b;;6-5+;;/t2*5-,6-;;;/m11.../s1/i;;;;1+2. The van der Waals surface area contributed by atoms with Crippen LogP contribution in [0.2, 0.25) is 0 Å². The van der Waals surface area contributed by atoms with Crippen LogP contribution < -0.4 is 0 Å². The highest BCUT2D eigenvalue weighted by molar-refractivity contribution is 4.77. The molecule has 0 saturated heterocycles. The highest BCUT2D eigenvalue weighted by Crippen LogP contribution is 2.02. The quantitative estimate of drug-likeness (QED) is 0.417. The molecule has 0 heterocycles. The van der Waals surface area contributed by atoms with Crippen molar-refractivity contribution in [2.75, 3.05) is 7.11 Å². The lowest BCUT2D eigenvalue weighted by atomic mass is 10.1. The van der Waals surface area contributed by atoms with Crippen molar-refractivity contribution >= 4 is 0 Å². The third-order valence-electron chi connectivity index (χ3n) is 3.81. The van der Waals surface area contributed by atoms with Gasteiger partial charge in [0.15, 0.2) is 0 Å². The van der Waals surface area contributed by atoms with Gasteiger partial charge in [-0.1, -0.05) is 53.7 Å². The molecule has 0 aromatic heterocycles. The molecular formula is C23H54O5. The minimum Gasteiger partial charge on any atom is -0.390 e. The first kappa shape index (κ1) is 35.0. The number of hydrogen-bond acceptors (Lipinski definition) is 5. The highest BCUT2D eigenvalue weighted by atomic mass is 16.5. The molecule has 0 aliphatic carbocycles. The summed E-state index contributed by atoms with van der Waals surface area (Å²) in [6.07, 6.45) is 7.13. The van der Waals surface area contributed by atoms with Crippen molar-refractivity contribution in [2.24, 2.45) is 0 Å². The second kappa shape index (κ2) is 24.6. The molecule has 0 spiro atoms. The summed E-state index contributed by atoms with van der Waals surface area (Å²) in [6.45, 7) is 17.8. The highest BCUT2D eigenvalue weighted by Gasteiger charge is 2.10. The third kappa shape index (κ3) is 33.1. The van der Waals surface area contributed by atoms with Crippen molar-refractivity contribution in [1.29, 1.82) is 0 Å². The fourth-order valence-electron chi connectivity index (χ4n) is 1.42. The van der Waals surface area contributed by atoms with Gasteiger partial charge in [0, 0.05) is 8.54 Å². The first-order valence-corrected chi connectivity index (χ1v) is 10.8. The maximum Gasteiger partial charge on any atom is 0.0796 e. The van der Waals surface area contributed by atoms with E-state index in [0.717, 1.165) is 0 Å². The van der Waals surface area contributed by atoms with E-state index in [1.807, 2.05) is 48.5 Å². The first-order chi connectivity index (χ1) is 12.9. The van der Waals surface area contributed by atoms with E-state index in [1.165, 1.54) is 12.8 Å². The van der Waals surface area contributed by atoms with Gasteiger partial charge in [-0.3, -0.25) is 0 Å². The number of allylic oxidation sites excluding steroid dienone is 2. The summed E-state index contributed by atoms with van der Waals surface area (Å²) in [5.41, 5.74) is 0.0417. The van der Waals surface area contributed by atoms with Crippen LogP contribution in [0.5, 0.6) is 0 Å². The lowest BCUT2D eigenvalue weighted by Gasteiger charge is -2.14. The molecule has 4 atom stereocenters. The van der Waals surface area contributed by atoms with Gasteiger partial charge in [0.2, 0.25) is 0 Å². The van der Waals surface area contributed by atoms with Crippen LogP contribution in [0.3, 0.4) is 0 Å². The topological polar surface area (TPSA) is 90.2 Å². The molecule has 28 heavy (non-hydrogen) atoms. The van der Waals surface area contributed by atoms with Crippen LogP contribution in [0.15, 0.2) is 12.2 Å². The van der Waals surface area contributed by atoms with Gasteiger partial charge in [-0.2, -0.15) is 0 Å². The van der Waals surface area contributed by atoms with E-state index in [1.54, 1.807) is 7.11 Å². The monoisotopic (exact) mass is 412 g/mol. The SMILES string of the molecule is CC/C=C/CC.CC[C@@H](O)[C@H](O)CC.CC[C@@H](O)[C@H](O)CC.COC(C)(C)C.[3HH]. The van der Waals surface area contributed by atoms with Gasteiger partial charge in [0.25, 0.3) is 0 Å². The van der Waals surface area contributed by atoms with Crippen molar-refractivity contribution < 1.29 is 26.6 Å². The van der Waals surface area contributed by atoms with E-state index in [0.29, 0.717) is 25.7 Å². The second-order valence-electron chi connectivity index (χ2n) is 7.51. The fraction of sp³-hybridized carbons (Fsp3) is 0.913. The predicted octanol–water partition coefficient (Wildman–Crippen LogP) is 5.10. The lowest BCUT2D eigenvalue weighted by Crippen LogP contribution is -2.23. The molecule has 4 N–H and O–H groups in total. The van der Waals surface area contributed by atoms with Gasteiger partial charge in [-0.15, -0.1) is 0 Å². The van der Waals surface area contributed by atoms with Gasteiger partial charge >= 0.3 is 0 Å². The summed E-state index contributed by atoms with van der Waals surface area (Å²) in [5.74, 6) is 0. The molecule has 0 aliphatic heterocycles. The summed E-state index contributed by atoms with van der Waals surface area (Å²) >= 11 is 0. The molecule has 0 amide bonds. The second-order valence-corrected chi connectivity index (χ2v) is 7.51. The molecule has 176 valence electrons. The van der Waals surface area contributed by atoms with Crippen LogP contribution in [-0.4, -0.2) is 57.6 Å². The van der Waals surface area contributed by atoms with Crippen LogP contribution in [0.1, 0.15) is 102 Å². The van der Waals surface area contributed by atoms with Gasteiger partial charge in [0.1, 0.15) is 0 Å². The molecule has 0 aromatic rings. The van der Waals surface area contributed by atoms with Crippen molar-refractivity contribution in [3.05, 3.63) is 12.2 Å². The van der Waals surface area contributed by atoms with Crippen LogP contribution >= 0.6 is 0 Å². The van der Waals surface area contributed by atoms with Crippen LogP contribution in [-0.2, 0) is 4.74 Å². The van der Waals surface area contributed by atoms with Crippen molar-refractivity contribution in [3.63, 3.8) is 0 Å². The van der Waals surface area contributed by atoms with Gasteiger partial charge in [-0.05, 0) is 59.3 Å². The molecule has 0 radical (unpaired) electrons. The average Bonchev–Trinajstić information content (AvgIpc) is 2.70. The number of methoxy groups -OCH3 is 1. The smallest absolute Gasteiger partial charge is 0.0796 e. The van der Waals surface area contributed by atoms with Gasteiger partial charge in [0.05, 0.1) is 30.0 Å². The molecule has 0 bridgehead atoms. The summed E-state index contributed by atoms with van der Waals surface area (Å²) < 4.78 is 4.94. The Morgan fingerprint density at radius 2 is 0.821 bits per heavy atom. The van der Waals surface area contributed by atoms with Gasteiger partial charge in [-0.25, -0.2) is 0 Å².